The van der Waals surface area contributed by atoms with E-state index in [-0.39, 0.29) is 0 Å². The Morgan fingerprint density at radius 1 is 0.923 bits per heavy atom. The van der Waals surface area contributed by atoms with Crippen molar-refractivity contribution in [3.05, 3.63) is 83.9 Å². The zero-order valence-corrected chi connectivity index (χ0v) is 13.8. The van der Waals surface area contributed by atoms with Crippen molar-refractivity contribution < 1.29 is 24.5 Å². The summed E-state index contributed by atoms with van der Waals surface area (Å²) in [6.07, 6.45) is 0.673. The van der Waals surface area contributed by atoms with E-state index in [0.29, 0.717) is 24.0 Å². The normalized spacial score (nSPS) is 11.3. The lowest BCUT2D eigenvalue weighted by molar-refractivity contribution is -0.146. The second-order valence-electron chi connectivity index (χ2n) is 5.65. The number of ketones is 1. The summed E-state index contributed by atoms with van der Waals surface area (Å²) in [5, 5.41) is 20.7. The third-order valence-corrected chi connectivity index (χ3v) is 3.88. The van der Waals surface area contributed by atoms with Gasteiger partial charge in [0.2, 0.25) is 0 Å². The van der Waals surface area contributed by atoms with Crippen LogP contribution in [0.15, 0.2) is 72.8 Å². The molecule has 3 aromatic rings. The van der Waals surface area contributed by atoms with Gasteiger partial charge in [-0.15, -0.1) is 0 Å². The molecule has 26 heavy (non-hydrogen) atoms. The van der Waals surface area contributed by atoms with Gasteiger partial charge in [0.25, 0.3) is 5.78 Å². The Labute approximate surface area is 149 Å². The molecule has 0 aliphatic heterocycles. The first-order valence-electron chi connectivity index (χ1n) is 7.92. The van der Waals surface area contributed by atoms with Crippen LogP contribution in [0.5, 0.6) is 5.75 Å². The van der Waals surface area contributed by atoms with Gasteiger partial charge < -0.3 is 14.9 Å². The fourth-order valence-corrected chi connectivity index (χ4v) is 2.59. The molecule has 0 aliphatic carbocycles. The number of benzene rings is 3. The molecule has 0 fully saturated rings. The van der Waals surface area contributed by atoms with Crippen LogP contribution >= 0.6 is 0 Å². The van der Waals surface area contributed by atoms with Crippen molar-refractivity contribution in [1.29, 1.82) is 0 Å². The van der Waals surface area contributed by atoms with Gasteiger partial charge in [0.15, 0.2) is 0 Å². The van der Waals surface area contributed by atoms with E-state index >= 15 is 0 Å². The number of carbonyl (C=O) groups is 2. The zero-order valence-electron chi connectivity index (χ0n) is 13.8. The predicted octanol–water partition coefficient (Wildman–Crippen LogP) is 3.97. The van der Waals surface area contributed by atoms with Gasteiger partial charge in [0.1, 0.15) is 18.1 Å². The zero-order chi connectivity index (χ0) is 18.5. The summed E-state index contributed by atoms with van der Waals surface area (Å²) in [4.78, 5) is 21.7. The molecule has 130 valence electrons. The first-order valence-corrected chi connectivity index (χ1v) is 7.92. The number of aliphatic hydroxyl groups is 1. The smallest absolute Gasteiger partial charge is 0.376 e. The summed E-state index contributed by atoms with van der Waals surface area (Å²) in [6, 6.07) is 20.5. The van der Waals surface area contributed by atoms with E-state index < -0.39 is 17.5 Å². The van der Waals surface area contributed by atoms with Crippen molar-refractivity contribution in [1.82, 2.24) is 0 Å². The lowest BCUT2D eigenvalue weighted by atomic mass is 10.1. The minimum absolute atomic E-state index is 0.301. The highest BCUT2D eigenvalue weighted by Crippen LogP contribution is 2.23. The van der Waals surface area contributed by atoms with E-state index in [1.165, 1.54) is 0 Å². The highest BCUT2D eigenvalue weighted by Gasteiger charge is 2.11. The summed E-state index contributed by atoms with van der Waals surface area (Å²) in [5.74, 6) is -2.74. The lowest BCUT2D eigenvalue weighted by Crippen LogP contribution is -2.09. The number of carboxylic acids is 1. The number of ether oxygens (including phenoxy) is 1. The van der Waals surface area contributed by atoms with Crippen LogP contribution < -0.4 is 4.74 Å². The van der Waals surface area contributed by atoms with Gasteiger partial charge in [0, 0.05) is 11.6 Å². The van der Waals surface area contributed by atoms with Crippen molar-refractivity contribution in [3.8, 4) is 5.75 Å². The van der Waals surface area contributed by atoms with Crippen LogP contribution in [-0.2, 0) is 16.2 Å². The predicted molar refractivity (Wildman–Crippen MR) is 98.0 cm³/mol. The lowest BCUT2D eigenvalue weighted by Gasteiger charge is -2.10. The van der Waals surface area contributed by atoms with Crippen LogP contribution in [-0.4, -0.2) is 22.0 Å². The Morgan fingerprint density at radius 3 is 2.46 bits per heavy atom. The summed E-state index contributed by atoms with van der Waals surface area (Å²) in [5.41, 5.74) is 1.32. The molecule has 5 nitrogen and oxygen atoms in total. The maximum absolute atomic E-state index is 11.2. The van der Waals surface area contributed by atoms with Crippen LogP contribution in [0.25, 0.3) is 16.5 Å². The van der Waals surface area contributed by atoms with Crippen LogP contribution in [0.2, 0.25) is 0 Å². The fourth-order valence-electron chi connectivity index (χ4n) is 2.59. The molecular weight excluding hydrogens is 332 g/mol. The van der Waals surface area contributed by atoms with Crippen molar-refractivity contribution in [2.45, 2.75) is 6.61 Å². The highest BCUT2D eigenvalue weighted by molar-refractivity contribution is 6.38. The van der Waals surface area contributed by atoms with Gasteiger partial charge in [-0.1, -0.05) is 54.6 Å². The number of carboxylic acid groups (broad SMARTS) is 1. The van der Waals surface area contributed by atoms with Crippen molar-refractivity contribution in [2.24, 2.45) is 0 Å². The molecule has 0 unspecified atom stereocenters. The SMILES string of the molecule is O=C(O)C(=O)C=C(O)c1cccc(OCc2cccc3ccccc23)c1. The molecule has 3 aromatic carbocycles. The van der Waals surface area contributed by atoms with Gasteiger partial charge in [-0.3, -0.25) is 4.79 Å². The Morgan fingerprint density at radius 2 is 1.65 bits per heavy atom. The minimum Gasteiger partial charge on any atom is -0.507 e. The number of fused-ring (bicyclic) bond motifs is 1. The summed E-state index contributed by atoms with van der Waals surface area (Å²) in [7, 11) is 0. The van der Waals surface area contributed by atoms with Crippen molar-refractivity contribution >= 4 is 28.3 Å². The first-order chi connectivity index (χ1) is 12.5. The summed E-state index contributed by atoms with van der Waals surface area (Å²) >= 11 is 0. The van der Waals surface area contributed by atoms with E-state index in [1.54, 1.807) is 24.3 Å². The van der Waals surface area contributed by atoms with Crippen molar-refractivity contribution in [2.75, 3.05) is 0 Å². The second kappa shape index (κ2) is 7.53. The number of hydrogen-bond donors (Lipinski definition) is 2. The molecule has 0 saturated carbocycles. The summed E-state index contributed by atoms with van der Waals surface area (Å²) < 4.78 is 5.80. The maximum Gasteiger partial charge on any atom is 0.376 e. The minimum atomic E-state index is -1.63. The number of aliphatic carboxylic acids is 1. The average molecular weight is 348 g/mol. The monoisotopic (exact) mass is 348 g/mol. The van der Waals surface area contributed by atoms with Gasteiger partial charge in [0.05, 0.1) is 0 Å². The largest absolute Gasteiger partial charge is 0.507 e. The molecule has 2 N–H and O–H groups in total. The van der Waals surface area contributed by atoms with E-state index in [1.807, 2.05) is 42.5 Å². The third kappa shape index (κ3) is 3.89. The molecule has 0 atom stereocenters. The molecule has 0 aliphatic rings. The molecule has 0 heterocycles. The van der Waals surface area contributed by atoms with E-state index in [2.05, 4.69) is 0 Å². The van der Waals surface area contributed by atoms with E-state index in [0.717, 1.165) is 16.3 Å². The average Bonchev–Trinajstić information content (AvgIpc) is 2.66. The van der Waals surface area contributed by atoms with Crippen LogP contribution in [0.3, 0.4) is 0 Å². The number of carbonyl (C=O) groups excluding carboxylic acids is 1. The Balaban J connectivity index is 1.79. The summed E-state index contributed by atoms with van der Waals surface area (Å²) in [6.45, 7) is 0.337. The number of aliphatic hydroxyl groups excluding tert-OH is 1. The van der Waals surface area contributed by atoms with Crippen molar-refractivity contribution in [3.63, 3.8) is 0 Å². The van der Waals surface area contributed by atoms with Crippen LogP contribution in [0.1, 0.15) is 11.1 Å². The van der Waals surface area contributed by atoms with Crippen LogP contribution in [0, 0.1) is 0 Å². The molecule has 0 aromatic heterocycles. The highest BCUT2D eigenvalue weighted by atomic mass is 16.5. The standard InChI is InChI=1S/C21H16O5/c22-19(12-20(23)21(24)25)15-7-4-9-17(11-15)26-13-16-8-3-6-14-5-1-2-10-18(14)16/h1-12,22H,13H2,(H,24,25). The Kier molecular flexibility index (Phi) is 4.99. The molecule has 3 rings (SSSR count). The molecule has 0 radical (unpaired) electrons. The van der Waals surface area contributed by atoms with E-state index in [4.69, 9.17) is 9.84 Å². The third-order valence-electron chi connectivity index (χ3n) is 3.88. The fraction of sp³-hybridized carbons (Fsp3) is 0.0476. The molecule has 0 spiro atoms. The Hall–Kier alpha value is -3.60. The topological polar surface area (TPSA) is 83.8 Å². The molecule has 5 heteroatoms. The number of rotatable bonds is 6. The van der Waals surface area contributed by atoms with Gasteiger partial charge >= 0.3 is 5.97 Å². The maximum atomic E-state index is 11.2. The van der Waals surface area contributed by atoms with Gasteiger partial charge in [-0.2, -0.15) is 0 Å². The van der Waals surface area contributed by atoms with E-state index in [9.17, 15) is 14.7 Å². The number of hydrogen-bond acceptors (Lipinski definition) is 4. The quantitative estimate of drug-likeness (QED) is 0.400. The molecular formula is C21H16O5. The molecule has 0 saturated heterocycles. The first kappa shape index (κ1) is 17.2. The van der Waals surface area contributed by atoms with Gasteiger partial charge in [-0.25, -0.2) is 4.79 Å². The van der Waals surface area contributed by atoms with Gasteiger partial charge in [-0.05, 0) is 28.5 Å². The Bertz CT molecular complexity index is 999. The molecule has 0 amide bonds. The second-order valence-corrected chi connectivity index (χ2v) is 5.65. The van der Waals surface area contributed by atoms with Crippen LogP contribution in [0.4, 0.5) is 0 Å². The molecule has 0 bridgehead atoms.